The first-order chi connectivity index (χ1) is 9.77. The lowest BCUT2D eigenvalue weighted by Gasteiger charge is -2.14. The van der Waals surface area contributed by atoms with Crippen LogP contribution in [0.2, 0.25) is 5.15 Å². The second-order valence-corrected chi connectivity index (χ2v) is 4.86. The number of alkyl halides is 3. The van der Waals surface area contributed by atoms with Gasteiger partial charge in [0.2, 0.25) is 0 Å². The van der Waals surface area contributed by atoms with Gasteiger partial charge in [-0.3, -0.25) is 0 Å². The molecule has 0 saturated carbocycles. The molecule has 0 fully saturated rings. The standard InChI is InChI=1S/C14H11ClF4N2/c1-8-4-12(13(15)21-6-8)20-7-9-2-3-10(16)5-11(9)14(17,18)19/h2-6,20H,7H2,1H3. The molecule has 0 aliphatic heterocycles. The molecule has 0 spiro atoms. The lowest BCUT2D eigenvalue weighted by molar-refractivity contribution is -0.138. The summed E-state index contributed by atoms with van der Waals surface area (Å²) in [5.41, 5.74) is 0.166. The summed E-state index contributed by atoms with van der Waals surface area (Å²) in [7, 11) is 0. The van der Waals surface area contributed by atoms with Gasteiger partial charge in [0.15, 0.2) is 5.15 Å². The molecule has 0 aliphatic carbocycles. The van der Waals surface area contributed by atoms with Gasteiger partial charge in [-0.2, -0.15) is 13.2 Å². The predicted octanol–water partition coefficient (Wildman–Crippen LogP) is 4.81. The smallest absolute Gasteiger partial charge is 0.378 e. The fourth-order valence-corrected chi connectivity index (χ4v) is 2.00. The zero-order chi connectivity index (χ0) is 15.6. The molecule has 0 bridgehead atoms. The Labute approximate surface area is 123 Å². The SMILES string of the molecule is Cc1cnc(Cl)c(NCc2ccc(F)cc2C(F)(F)F)c1. The van der Waals surface area contributed by atoms with E-state index in [0.29, 0.717) is 11.8 Å². The molecule has 1 heterocycles. The van der Waals surface area contributed by atoms with E-state index in [1.54, 1.807) is 19.2 Å². The van der Waals surface area contributed by atoms with Crippen molar-refractivity contribution >= 4 is 17.3 Å². The highest BCUT2D eigenvalue weighted by atomic mass is 35.5. The number of nitrogens with one attached hydrogen (secondary N) is 1. The second kappa shape index (κ2) is 5.89. The Hall–Kier alpha value is -1.82. The number of pyridine rings is 1. The van der Waals surface area contributed by atoms with E-state index in [-0.39, 0.29) is 17.3 Å². The lowest BCUT2D eigenvalue weighted by Crippen LogP contribution is -2.12. The highest BCUT2D eigenvalue weighted by molar-refractivity contribution is 6.31. The number of anilines is 1. The van der Waals surface area contributed by atoms with Crippen LogP contribution < -0.4 is 5.32 Å². The maximum Gasteiger partial charge on any atom is 0.416 e. The Kier molecular flexibility index (Phi) is 4.37. The van der Waals surface area contributed by atoms with Crippen LogP contribution in [0, 0.1) is 12.7 Å². The fraction of sp³-hybridized carbons (Fsp3) is 0.214. The normalized spacial score (nSPS) is 11.5. The Morgan fingerprint density at radius 2 is 1.95 bits per heavy atom. The molecule has 112 valence electrons. The van der Waals surface area contributed by atoms with Crippen LogP contribution in [0.1, 0.15) is 16.7 Å². The van der Waals surface area contributed by atoms with E-state index in [0.717, 1.165) is 17.7 Å². The van der Waals surface area contributed by atoms with Gasteiger partial charge in [0.05, 0.1) is 11.3 Å². The molecule has 0 radical (unpaired) electrons. The van der Waals surface area contributed by atoms with E-state index < -0.39 is 17.6 Å². The van der Waals surface area contributed by atoms with Gasteiger partial charge in [-0.15, -0.1) is 0 Å². The summed E-state index contributed by atoms with van der Waals surface area (Å²) >= 11 is 5.86. The summed E-state index contributed by atoms with van der Waals surface area (Å²) < 4.78 is 51.6. The molecule has 1 aromatic carbocycles. The molecule has 0 atom stereocenters. The van der Waals surface area contributed by atoms with Crippen LogP contribution in [0.4, 0.5) is 23.2 Å². The number of nitrogens with zero attached hydrogens (tertiary/aromatic N) is 1. The zero-order valence-electron chi connectivity index (χ0n) is 10.9. The number of rotatable bonds is 3. The number of aromatic nitrogens is 1. The average molecular weight is 319 g/mol. The average Bonchev–Trinajstić information content (AvgIpc) is 2.40. The van der Waals surface area contributed by atoms with E-state index >= 15 is 0 Å². The number of halogens is 5. The highest BCUT2D eigenvalue weighted by Gasteiger charge is 2.33. The van der Waals surface area contributed by atoms with Crippen molar-refractivity contribution in [1.29, 1.82) is 0 Å². The molecule has 1 aromatic heterocycles. The Morgan fingerprint density at radius 1 is 1.24 bits per heavy atom. The maximum atomic E-state index is 13.0. The summed E-state index contributed by atoms with van der Waals surface area (Å²) in [6, 6.07) is 4.24. The summed E-state index contributed by atoms with van der Waals surface area (Å²) in [4.78, 5) is 3.90. The van der Waals surface area contributed by atoms with Crippen LogP contribution in [0.15, 0.2) is 30.5 Å². The monoisotopic (exact) mass is 318 g/mol. The van der Waals surface area contributed by atoms with Crippen LogP contribution in [0.25, 0.3) is 0 Å². The topological polar surface area (TPSA) is 24.9 Å². The zero-order valence-corrected chi connectivity index (χ0v) is 11.7. The van der Waals surface area contributed by atoms with Crippen molar-refractivity contribution in [1.82, 2.24) is 4.98 Å². The number of benzene rings is 1. The van der Waals surface area contributed by atoms with Crippen molar-refractivity contribution in [3.8, 4) is 0 Å². The first-order valence-electron chi connectivity index (χ1n) is 5.99. The van der Waals surface area contributed by atoms with E-state index in [2.05, 4.69) is 10.3 Å². The largest absolute Gasteiger partial charge is 0.416 e. The van der Waals surface area contributed by atoms with E-state index in [1.165, 1.54) is 0 Å². The molecule has 0 saturated heterocycles. The van der Waals surface area contributed by atoms with Crippen molar-refractivity contribution < 1.29 is 17.6 Å². The summed E-state index contributed by atoms with van der Waals surface area (Å²) in [5.74, 6) is -0.929. The van der Waals surface area contributed by atoms with Crippen molar-refractivity contribution in [2.24, 2.45) is 0 Å². The van der Waals surface area contributed by atoms with Gasteiger partial charge < -0.3 is 5.32 Å². The van der Waals surface area contributed by atoms with Crippen LogP contribution in [-0.2, 0) is 12.7 Å². The van der Waals surface area contributed by atoms with E-state index in [4.69, 9.17) is 11.6 Å². The number of hydrogen-bond donors (Lipinski definition) is 1. The molecule has 21 heavy (non-hydrogen) atoms. The van der Waals surface area contributed by atoms with Gasteiger partial charge >= 0.3 is 6.18 Å². The van der Waals surface area contributed by atoms with Crippen molar-refractivity contribution in [3.63, 3.8) is 0 Å². The maximum absolute atomic E-state index is 13.0. The van der Waals surface area contributed by atoms with Crippen molar-refractivity contribution in [3.05, 3.63) is 58.1 Å². The van der Waals surface area contributed by atoms with Gasteiger partial charge in [-0.05, 0) is 36.2 Å². The van der Waals surface area contributed by atoms with Gasteiger partial charge in [-0.25, -0.2) is 9.37 Å². The highest BCUT2D eigenvalue weighted by Crippen LogP contribution is 2.33. The molecule has 0 aliphatic rings. The minimum Gasteiger partial charge on any atom is -0.378 e. The summed E-state index contributed by atoms with van der Waals surface area (Å²) in [5, 5.41) is 2.95. The second-order valence-electron chi connectivity index (χ2n) is 4.50. The molecule has 2 aromatic rings. The predicted molar refractivity (Wildman–Crippen MR) is 72.7 cm³/mol. The molecule has 2 nitrogen and oxygen atoms in total. The third kappa shape index (κ3) is 3.85. The molecule has 1 N–H and O–H groups in total. The van der Waals surface area contributed by atoms with E-state index in [1.807, 2.05) is 0 Å². The first-order valence-corrected chi connectivity index (χ1v) is 6.37. The third-order valence-corrected chi connectivity index (χ3v) is 3.12. The van der Waals surface area contributed by atoms with Gasteiger partial charge in [0, 0.05) is 12.7 Å². The number of hydrogen-bond acceptors (Lipinski definition) is 2. The Bertz CT molecular complexity index is 656. The Morgan fingerprint density at radius 3 is 2.62 bits per heavy atom. The molecule has 2 rings (SSSR count). The molecule has 0 unspecified atom stereocenters. The summed E-state index contributed by atoms with van der Waals surface area (Å²) in [6.07, 6.45) is -3.07. The van der Waals surface area contributed by atoms with Gasteiger partial charge in [0.1, 0.15) is 5.82 Å². The minimum atomic E-state index is -4.62. The summed E-state index contributed by atoms with van der Waals surface area (Å²) in [6.45, 7) is 1.65. The third-order valence-electron chi connectivity index (χ3n) is 2.82. The van der Waals surface area contributed by atoms with Crippen LogP contribution in [0.5, 0.6) is 0 Å². The minimum absolute atomic E-state index is 0.0681. The molecular formula is C14H11ClF4N2. The van der Waals surface area contributed by atoms with Gasteiger partial charge in [0.25, 0.3) is 0 Å². The van der Waals surface area contributed by atoms with Crippen molar-refractivity contribution in [2.45, 2.75) is 19.6 Å². The molecule has 0 amide bonds. The Balaban J connectivity index is 2.26. The van der Waals surface area contributed by atoms with Crippen LogP contribution >= 0.6 is 11.6 Å². The van der Waals surface area contributed by atoms with Crippen LogP contribution in [-0.4, -0.2) is 4.98 Å². The quantitative estimate of drug-likeness (QED) is 0.648. The molecule has 7 heteroatoms. The lowest BCUT2D eigenvalue weighted by atomic mass is 10.1. The first kappa shape index (κ1) is 15.6. The van der Waals surface area contributed by atoms with Crippen molar-refractivity contribution in [2.75, 3.05) is 5.32 Å². The fourth-order valence-electron chi connectivity index (χ4n) is 1.83. The number of aryl methyl sites for hydroxylation is 1. The van der Waals surface area contributed by atoms with Crippen LogP contribution in [0.3, 0.4) is 0 Å². The van der Waals surface area contributed by atoms with E-state index in [9.17, 15) is 17.6 Å². The van der Waals surface area contributed by atoms with Gasteiger partial charge in [-0.1, -0.05) is 17.7 Å². The molecular weight excluding hydrogens is 308 g/mol.